The van der Waals surface area contributed by atoms with Crippen molar-refractivity contribution in [3.05, 3.63) is 57.0 Å². The molecule has 0 radical (unpaired) electrons. The van der Waals surface area contributed by atoms with E-state index in [9.17, 15) is 22.0 Å². The topological polar surface area (TPSA) is 12.0 Å². The molecule has 108 valence electrons. The van der Waals surface area contributed by atoms with E-state index in [-0.39, 0.29) is 6.42 Å². The first-order chi connectivity index (χ1) is 9.47. The van der Waals surface area contributed by atoms with Crippen LogP contribution in [0.3, 0.4) is 0 Å². The molecule has 1 heterocycles. The van der Waals surface area contributed by atoms with E-state index in [0.717, 1.165) is 5.56 Å². The maximum atomic E-state index is 13.7. The Morgan fingerprint density at radius 2 is 1.55 bits per heavy atom. The van der Waals surface area contributed by atoms with Crippen molar-refractivity contribution in [1.82, 2.24) is 5.32 Å². The van der Waals surface area contributed by atoms with Crippen molar-refractivity contribution in [2.45, 2.75) is 12.5 Å². The Morgan fingerprint density at radius 3 is 2.00 bits per heavy atom. The Hall–Kier alpha value is -1.47. The lowest BCUT2D eigenvalue weighted by Crippen LogP contribution is -2.23. The van der Waals surface area contributed by atoms with Gasteiger partial charge in [-0.25, -0.2) is 22.0 Å². The summed E-state index contributed by atoms with van der Waals surface area (Å²) in [6, 6.07) is 0.718. The van der Waals surface area contributed by atoms with E-state index in [0.29, 0.717) is 0 Å². The highest BCUT2D eigenvalue weighted by Crippen LogP contribution is 2.29. The molecular weight excluding hydrogens is 297 g/mol. The monoisotopic (exact) mass is 307 g/mol. The Morgan fingerprint density at radius 1 is 1.00 bits per heavy atom. The second-order valence-corrected chi connectivity index (χ2v) is 4.94. The van der Waals surface area contributed by atoms with Crippen LogP contribution in [0.1, 0.15) is 17.2 Å². The lowest BCUT2D eigenvalue weighted by Gasteiger charge is -2.18. The summed E-state index contributed by atoms with van der Waals surface area (Å²) in [6.45, 7) is 0. The van der Waals surface area contributed by atoms with Crippen LogP contribution in [0.4, 0.5) is 22.0 Å². The maximum Gasteiger partial charge on any atom is 0.200 e. The molecule has 0 saturated carbocycles. The van der Waals surface area contributed by atoms with Crippen LogP contribution < -0.4 is 5.32 Å². The fourth-order valence-electron chi connectivity index (χ4n) is 1.92. The first kappa shape index (κ1) is 14.9. The van der Waals surface area contributed by atoms with E-state index in [2.05, 4.69) is 5.32 Å². The Labute approximate surface area is 116 Å². The van der Waals surface area contributed by atoms with Gasteiger partial charge in [0.2, 0.25) is 5.82 Å². The summed E-state index contributed by atoms with van der Waals surface area (Å²) in [5.41, 5.74) is -0.0895. The molecule has 1 aromatic heterocycles. The molecule has 2 aromatic rings. The molecule has 0 spiro atoms. The third-order valence-electron chi connectivity index (χ3n) is 2.96. The van der Waals surface area contributed by atoms with E-state index < -0.39 is 40.7 Å². The Balaban J connectivity index is 2.49. The van der Waals surface area contributed by atoms with E-state index >= 15 is 0 Å². The SMILES string of the molecule is CNC(Cc1ccsc1)c1c(F)c(F)c(F)c(F)c1F. The van der Waals surface area contributed by atoms with Crippen LogP contribution in [0.25, 0.3) is 0 Å². The zero-order valence-corrected chi connectivity index (χ0v) is 11.1. The highest BCUT2D eigenvalue weighted by Gasteiger charge is 2.29. The molecule has 0 amide bonds. The first-order valence-corrected chi connectivity index (χ1v) is 6.61. The number of nitrogens with one attached hydrogen (secondary N) is 1. The van der Waals surface area contributed by atoms with Crippen LogP contribution in [0.15, 0.2) is 16.8 Å². The van der Waals surface area contributed by atoms with Gasteiger partial charge >= 0.3 is 0 Å². The third-order valence-corrected chi connectivity index (χ3v) is 3.69. The number of hydrogen-bond donors (Lipinski definition) is 1. The minimum atomic E-state index is -2.14. The van der Waals surface area contributed by atoms with Crippen LogP contribution in [-0.4, -0.2) is 7.05 Å². The Kier molecular flexibility index (Phi) is 4.39. The van der Waals surface area contributed by atoms with Gasteiger partial charge in [0.15, 0.2) is 23.3 Å². The van der Waals surface area contributed by atoms with Gasteiger partial charge in [-0.2, -0.15) is 11.3 Å². The van der Waals surface area contributed by atoms with Crippen molar-refractivity contribution in [2.24, 2.45) is 0 Å². The average Bonchev–Trinajstić information content (AvgIpc) is 2.95. The maximum absolute atomic E-state index is 13.7. The highest BCUT2D eigenvalue weighted by atomic mass is 32.1. The number of rotatable bonds is 4. The van der Waals surface area contributed by atoms with Gasteiger partial charge in [-0.1, -0.05) is 0 Å². The molecule has 2 rings (SSSR count). The predicted octanol–water partition coefficient (Wildman–Crippen LogP) is 3.95. The molecule has 1 atom stereocenters. The minimum absolute atomic E-state index is 0.123. The van der Waals surface area contributed by atoms with Crippen molar-refractivity contribution in [1.29, 1.82) is 0 Å². The van der Waals surface area contributed by atoms with E-state index in [1.54, 1.807) is 16.8 Å². The van der Waals surface area contributed by atoms with Gasteiger partial charge in [0, 0.05) is 11.6 Å². The standard InChI is InChI=1S/C13H10F5NS/c1-19-7(4-6-2-3-20-5-6)8-9(14)11(16)13(18)12(17)10(8)15/h2-3,5,7,19H,4H2,1H3. The van der Waals surface area contributed by atoms with Crippen molar-refractivity contribution in [3.63, 3.8) is 0 Å². The highest BCUT2D eigenvalue weighted by molar-refractivity contribution is 7.07. The summed E-state index contributed by atoms with van der Waals surface area (Å²) in [4.78, 5) is 0. The van der Waals surface area contributed by atoms with E-state index in [4.69, 9.17) is 0 Å². The number of likely N-dealkylation sites (N-methyl/N-ethyl adjacent to an activating group) is 1. The number of halogens is 5. The van der Waals surface area contributed by atoms with Crippen molar-refractivity contribution < 1.29 is 22.0 Å². The molecule has 20 heavy (non-hydrogen) atoms. The summed E-state index contributed by atoms with van der Waals surface area (Å²) in [7, 11) is 1.40. The summed E-state index contributed by atoms with van der Waals surface area (Å²) >= 11 is 1.38. The molecular formula is C13H10F5NS. The summed E-state index contributed by atoms with van der Waals surface area (Å²) in [5, 5.41) is 6.09. The van der Waals surface area contributed by atoms with Crippen LogP contribution in [0, 0.1) is 29.1 Å². The van der Waals surface area contributed by atoms with Gasteiger partial charge in [-0.15, -0.1) is 0 Å². The molecule has 0 saturated heterocycles. The normalized spacial score (nSPS) is 12.7. The summed E-state index contributed by atoms with van der Waals surface area (Å²) < 4.78 is 66.8. The lowest BCUT2D eigenvalue weighted by atomic mass is 9.99. The summed E-state index contributed by atoms with van der Waals surface area (Å²) in [5.74, 6) is -9.59. The molecule has 1 N–H and O–H groups in total. The van der Waals surface area contributed by atoms with Crippen LogP contribution in [0.2, 0.25) is 0 Å². The fraction of sp³-hybridized carbons (Fsp3) is 0.231. The zero-order chi connectivity index (χ0) is 14.9. The second-order valence-electron chi connectivity index (χ2n) is 4.16. The van der Waals surface area contributed by atoms with Crippen LogP contribution >= 0.6 is 11.3 Å². The molecule has 1 aromatic carbocycles. The second kappa shape index (κ2) is 5.88. The molecule has 0 aliphatic heterocycles. The van der Waals surface area contributed by atoms with E-state index in [1.165, 1.54) is 18.4 Å². The molecule has 0 fully saturated rings. The average molecular weight is 307 g/mol. The van der Waals surface area contributed by atoms with E-state index in [1.807, 2.05) is 0 Å². The number of hydrogen-bond acceptors (Lipinski definition) is 2. The largest absolute Gasteiger partial charge is 0.313 e. The summed E-state index contributed by atoms with van der Waals surface area (Å²) in [6.07, 6.45) is 0.123. The lowest BCUT2D eigenvalue weighted by molar-refractivity contribution is 0.358. The van der Waals surface area contributed by atoms with Crippen LogP contribution in [-0.2, 0) is 6.42 Å². The van der Waals surface area contributed by atoms with Gasteiger partial charge in [0.05, 0.1) is 0 Å². The number of benzene rings is 1. The smallest absolute Gasteiger partial charge is 0.200 e. The van der Waals surface area contributed by atoms with Gasteiger partial charge in [-0.05, 0) is 35.9 Å². The first-order valence-electron chi connectivity index (χ1n) is 5.67. The van der Waals surface area contributed by atoms with Crippen LogP contribution in [0.5, 0.6) is 0 Å². The molecule has 0 bridgehead atoms. The number of thiophene rings is 1. The quantitative estimate of drug-likeness (QED) is 0.512. The van der Waals surface area contributed by atoms with Gasteiger partial charge in [0.1, 0.15) is 0 Å². The molecule has 0 aliphatic carbocycles. The zero-order valence-electron chi connectivity index (χ0n) is 10.3. The molecule has 7 heteroatoms. The third kappa shape index (κ3) is 2.55. The van der Waals surface area contributed by atoms with Gasteiger partial charge < -0.3 is 5.32 Å². The van der Waals surface area contributed by atoms with Crippen molar-refractivity contribution in [2.75, 3.05) is 7.05 Å². The van der Waals surface area contributed by atoms with Crippen molar-refractivity contribution >= 4 is 11.3 Å². The van der Waals surface area contributed by atoms with Gasteiger partial charge in [-0.3, -0.25) is 0 Å². The Bertz CT molecular complexity index is 583. The molecule has 1 unspecified atom stereocenters. The predicted molar refractivity (Wildman–Crippen MR) is 66.1 cm³/mol. The van der Waals surface area contributed by atoms with Gasteiger partial charge in [0.25, 0.3) is 0 Å². The van der Waals surface area contributed by atoms with Crippen molar-refractivity contribution in [3.8, 4) is 0 Å². The molecule has 0 aliphatic rings. The molecule has 1 nitrogen and oxygen atoms in total. The fourth-order valence-corrected chi connectivity index (χ4v) is 2.60. The minimum Gasteiger partial charge on any atom is -0.313 e.